The number of ether oxygens (including phenoxy) is 1. The van der Waals surface area contributed by atoms with E-state index in [0.717, 1.165) is 30.2 Å². The molecule has 0 bridgehead atoms. The highest BCUT2D eigenvalue weighted by molar-refractivity contribution is 9.10. The minimum atomic E-state index is -0.171. The van der Waals surface area contributed by atoms with Crippen LogP contribution in [-0.2, 0) is 9.53 Å². The van der Waals surface area contributed by atoms with E-state index in [9.17, 15) is 9.59 Å². The zero-order chi connectivity index (χ0) is 14.1. The van der Waals surface area contributed by atoms with Gasteiger partial charge in [0, 0.05) is 23.5 Å². The molecule has 1 aromatic rings. The standard InChI is InChI=1S/C14H18BrNO3/c1-19-14(18)7-5-3-2-4-6-13(17)12-9-8-11(15)10-16-12/h8-10H,2-7H2,1H3. The van der Waals surface area contributed by atoms with Crippen LogP contribution in [-0.4, -0.2) is 23.8 Å². The van der Waals surface area contributed by atoms with Crippen molar-refractivity contribution < 1.29 is 14.3 Å². The van der Waals surface area contributed by atoms with Gasteiger partial charge < -0.3 is 4.74 Å². The van der Waals surface area contributed by atoms with Crippen LogP contribution in [0, 0.1) is 0 Å². The summed E-state index contributed by atoms with van der Waals surface area (Å²) >= 11 is 3.28. The second kappa shape index (κ2) is 8.80. The molecule has 1 rings (SSSR count). The van der Waals surface area contributed by atoms with E-state index in [1.54, 1.807) is 12.3 Å². The molecule has 19 heavy (non-hydrogen) atoms. The maximum absolute atomic E-state index is 11.8. The molecule has 0 aliphatic rings. The van der Waals surface area contributed by atoms with Crippen molar-refractivity contribution in [3.63, 3.8) is 0 Å². The number of unbranched alkanes of at least 4 members (excludes halogenated alkanes) is 3. The molecule has 0 N–H and O–H groups in total. The van der Waals surface area contributed by atoms with Crippen LogP contribution in [0.5, 0.6) is 0 Å². The summed E-state index contributed by atoms with van der Waals surface area (Å²) in [5.41, 5.74) is 0.512. The molecule has 0 aliphatic carbocycles. The summed E-state index contributed by atoms with van der Waals surface area (Å²) in [5.74, 6) is -0.101. The first-order chi connectivity index (χ1) is 9.13. The number of hydrogen-bond donors (Lipinski definition) is 0. The Morgan fingerprint density at radius 3 is 2.42 bits per heavy atom. The molecule has 0 unspecified atom stereocenters. The fraction of sp³-hybridized carbons (Fsp3) is 0.500. The number of halogens is 1. The Morgan fingerprint density at radius 2 is 1.84 bits per heavy atom. The lowest BCUT2D eigenvalue weighted by Gasteiger charge is -2.01. The Hall–Kier alpha value is -1.23. The summed E-state index contributed by atoms with van der Waals surface area (Å²) in [7, 11) is 1.40. The highest BCUT2D eigenvalue weighted by atomic mass is 79.9. The molecule has 5 heteroatoms. The molecule has 4 nitrogen and oxygen atoms in total. The highest BCUT2D eigenvalue weighted by Crippen LogP contribution is 2.11. The molecule has 0 aliphatic heterocycles. The number of esters is 1. The van der Waals surface area contributed by atoms with Crippen LogP contribution < -0.4 is 0 Å². The summed E-state index contributed by atoms with van der Waals surface area (Å²) in [6.45, 7) is 0. The van der Waals surface area contributed by atoms with Gasteiger partial charge in [-0.05, 0) is 40.9 Å². The highest BCUT2D eigenvalue weighted by Gasteiger charge is 2.07. The number of methoxy groups -OCH3 is 1. The van der Waals surface area contributed by atoms with Gasteiger partial charge in [0.1, 0.15) is 5.69 Å². The molecule has 0 aromatic carbocycles. The van der Waals surface area contributed by atoms with E-state index in [-0.39, 0.29) is 11.8 Å². The van der Waals surface area contributed by atoms with Gasteiger partial charge in [0.05, 0.1) is 7.11 Å². The van der Waals surface area contributed by atoms with Gasteiger partial charge >= 0.3 is 5.97 Å². The largest absolute Gasteiger partial charge is 0.469 e. The minimum Gasteiger partial charge on any atom is -0.469 e. The first-order valence-corrected chi connectivity index (χ1v) is 7.14. The number of hydrogen-bond acceptors (Lipinski definition) is 4. The summed E-state index contributed by atoms with van der Waals surface area (Å²) < 4.78 is 5.42. The summed E-state index contributed by atoms with van der Waals surface area (Å²) in [5, 5.41) is 0. The molecule has 1 aromatic heterocycles. The van der Waals surface area contributed by atoms with Crippen LogP contribution in [0.15, 0.2) is 22.8 Å². The average molecular weight is 328 g/mol. The van der Waals surface area contributed by atoms with Crippen LogP contribution in [0.2, 0.25) is 0 Å². The van der Waals surface area contributed by atoms with Gasteiger partial charge in [-0.2, -0.15) is 0 Å². The number of nitrogens with zero attached hydrogens (tertiary/aromatic N) is 1. The Balaban J connectivity index is 2.14. The topological polar surface area (TPSA) is 56.3 Å². The number of carbonyl (C=O) groups is 2. The SMILES string of the molecule is COC(=O)CCCCCCC(=O)c1ccc(Br)cn1. The summed E-state index contributed by atoms with van der Waals surface area (Å²) in [4.78, 5) is 26.7. The molecule has 0 saturated heterocycles. The Labute approximate surface area is 121 Å². The molecule has 1 heterocycles. The second-order valence-electron chi connectivity index (χ2n) is 4.28. The van der Waals surface area contributed by atoms with Crippen LogP contribution >= 0.6 is 15.9 Å². The van der Waals surface area contributed by atoms with Gasteiger partial charge in [0.25, 0.3) is 0 Å². The first-order valence-electron chi connectivity index (χ1n) is 6.35. The van der Waals surface area contributed by atoms with Crippen LogP contribution in [0.25, 0.3) is 0 Å². The van der Waals surface area contributed by atoms with Gasteiger partial charge in [0.15, 0.2) is 5.78 Å². The fourth-order valence-electron chi connectivity index (χ4n) is 1.68. The van der Waals surface area contributed by atoms with Crippen molar-refractivity contribution in [2.45, 2.75) is 38.5 Å². The van der Waals surface area contributed by atoms with E-state index in [2.05, 4.69) is 25.7 Å². The van der Waals surface area contributed by atoms with E-state index in [4.69, 9.17) is 0 Å². The van der Waals surface area contributed by atoms with Crippen molar-refractivity contribution in [3.8, 4) is 0 Å². The molecule has 0 fully saturated rings. The van der Waals surface area contributed by atoms with E-state index in [1.807, 2.05) is 6.07 Å². The van der Waals surface area contributed by atoms with Crippen molar-refractivity contribution in [3.05, 3.63) is 28.5 Å². The molecular weight excluding hydrogens is 310 g/mol. The monoisotopic (exact) mass is 327 g/mol. The number of aromatic nitrogens is 1. The van der Waals surface area contributed by atoms with E-state index in [0.29, 0.717) is 18.5 Å². The van der Waals surface area contributed by atoms with Gasteiger partial charge in [-0.15, -0.1) is 0 Å². The van der Waals surface area contributed by atoms with Crippen molar-refractivity contribution in [1.82, 2.24) is 4.98 Å². The lowest BCUT2D eigenvalue weighted by molar-refractivity contribution is -0.140. The average Bonchev–Trinajstić information content (AvgIpc) is 2.42. The molecule has 0 amide bonds. The smallest absolute Gasteiger partial charge is 0.305 e. The van der Waals surface area contributed by atoms with E-state index >= 15 is 0 Å². The van der Waals surface area contributed by atoms with Crippen molar-refractivity contribution in [2.24, 2.45) is 0 Å². The number of carbonyl (C=O) groups excluding carboxylic acids is 2. The molecule has 0 spiro atoms. The minimum absolute atomic E-state index is 0.0699. The predicted octanol–water partition coefficient (Wildman–Crippen LogP) is 3.54. The van der Waals surface area contributed by atoms with Crippen LogP contribution in [0.4, 0.5) is 0 Å². The molecular formula is C14H18BrNO3. The van der Waals surface area contributed by atoms with Gasteiger partial charge in [-0.3, -0.25) is 14.6 Å². The second-order valence-corrected chi connectivity index (χ2v) is 5.19. The van der Waals surface area contributed by atoms with Crippen molar-refractivity contribution >= 4 is 27.7 Å². The Morgan fingerprint density at radius 1 is 1.16 bits per heavy atom. The van der Waals surface area contributed by atoms with Crippen LogP contribution in [0.1, 0.15) is 49.0 Å². The summed E-state index contributed by atoms with van der Waals surface area (Å²) in [6, 6.07) is 3.54. The Bertz CT molecular complexity index is 417. The number of Topliss-reactive ketones (excluding diaryl/α,β-unsaturated/α-hetero) is 1. The van der Waals surface area contributed by atoms with Gasteiger partial charge in [-0.1, -0.05) is 12.8 Å². The zero-order valence-electron chi connectivity index (χ0n) is 11.0. The van der Waals surface area contributed by atoms with E-state index in [1.165, 1.54) is 7.11 Å². The first kappa shape index (κ1) is 15.8. The fourth-order valence-corrected chi connectivity index (χ4v) is 1.91. The predicted molar refractivity (Wildman–Crippen MR) is 76.0 cm³/mol. The number of rotatable bonds is 8. The quantitative estimate of drug-likeness (QED) is 0.416. The molecule has 0 atom stereocenters. The van der Waals surface area contributed by atoms with Gasteiger partial charge in [0.2, 0.25) is 0 Å². The third-order valence-electron chi connectivity index (χ3n) is 2.78. The molecule has 0 saturated carbocycles. The number of ketones is 1. The van der Waals surface area contributed by atoms with Gasteiger partial charge in [-0.25, -0.2) is 0 Å². The number of pyridine rings is 1. The van der Waals surface area contributed by atoms with E-state index < -0.39 is 0 Å². The molecule has 0 radical (unpaired) electrons. The Kier molecular flexibility index (Phi) is 7.33. The summed E-state index contributed by atoms with van der Waals surface area (Å²) in [6.07, 6.45) is 6.12. The van der Waals surface area contributed by atoms with Crippen molar-refractivity contribution in [1.29, 1.82) is 0 Å². The maximum Gasteiger partial charge on any atom is 0.305 e. The normalized spacial score (nSPS) is 10.2. The zero-order valence-corrected chi connectivity index (χ0v) is 12.6. The third kappa shape index (κ3) is 6.47. The third-order valence-corrected chi connectivity index (χ3v) is 3.24. The lowest BCUT2D eigenvalue weighted by Crippen LogP contribution is -2.02. The molecule has 104 valence electrons. The van der Waals surface area contributed by atoms with Crippen molar-refractivity contribution in [2.75, 3.05) is 7.11 Å². The maximum atomic E-state index is 11.8. The van der Waals surface area contributed by atoms with Crippen LogP contribution in [0.3, 0.4) is 0 Å². The lowest BCUT2D eigenvalue weighted by atomic mass is 10.1.